The Bertz CT molecular complexity index is 644. The van der Waals surface area contributed by atoms with Gasteiger partial charge in [-0.2, -0.15) is 10.2 Å². The molecule has 4 rings (SSSR count). The number of hydrogen-bond donors (Lipinski definition) is 1. The SMILES string of the molecule is Cn1cc(-c2[nH]ncc2C(=O)N2CC3(CC3)C2)cn1. The summed E-state index contributed by atoms with van der Waals surface area (Å²) in [6.07, 6.45) is 7.78. The number of aromatic amines is 1. The fourth-order valence-electron chi connectivity index (χ4n) is 2.79. The van der Waals surface area contributed by atoms with Gasteiger partial charge >= 0.3 is 0 Å². The predicted octanol–water partition coefficient (Wildman–Crippen LogP) is 1.05. The molecule has 1 spiro atoms. The topological polar surface area (TPSA) is 66.8 Å². The summed E-state index contributed by atoms with van der Waals surface area (Å²) in [5, 5.41) is 11.0. The first-order valence-electron chi connectivity index (χ1n) is 6.49. The van der Waals surface area contributed by atoms with Gasteiger partial charge in [-0.05, 0) is 12.8 Å². The fraction of sp³-hybridized carbons (Fsp3) is 0.462. The number of rotatable bonds is 2. The third kappa shape index (κ3) is 1.59. The van der Waals surface area contributed by atoms with Gasteiger partial charge in [0.2, 0.25) is 0 Å². The number of carbonyl (C=O) groups excluding carboxylic acids is 1. The smallest absolute Gasteiger partial charge is 0.257 e. The van der Waals surface area contributed by atoms with E-state index >= 15 is 0 Å². The van der Waals surface area contributed by atoms with Gasteiger partial charge in [-0.25, -0.2) is 0 Å². The minimum absolute atomic E-state index is 0.0742. The average molecular weight is 257 g/mol. The van der Waals surface area contributed by atoms with Crippen molar-refractivity contribution in [2.45, 2.75) is 12.8 Å². The van der Waals surface area contributed by atoms with Crippen molar-refractivity contribution in [2.24, 2.45) is 12.5 Å². The zero-order valence-corrected chi connectivity index (χ0v) is 10.8. The third-order valence-corrected chi connectivity index (χ3v) is 4.16. The highest BCUT2D eigenvalue weighted by Gasteiger charge is 2.54. The maximum absolute atomic E-state index is 12.4. The van der Waals surface area contributed by atoms with E-state index in [-0.39, 0.29) is 5.91 Å². The summed E-state index contributed by atoms with van der Waals surface area (Å²) in [4.78, 5) is 14.4. The molecule has 0 bridgehead atoms. The van der Waals surface area contributed by atoms with E-state index < -0.39 is 0 Å². The van der Waals surface area contributed by atoms with Gasteiger partial charge in [-0.1, -0.05) is 0 Å². The molecule has 0 radical (unpaired) electrons. The Labute approximate surface area is 110 Å². The Morgan fingerprint density at radius 3 is 2.79 bits per heavy atom. The van der Waals surface area contributed by atoms with Gasteiger partial charge in [-0.3, -0.25) is 14.6 Å². The van der Waals surface area contributed by atoms with Crippen LogP contribution in [0.25, 0.3) is 11.3 Å². The highest BCUT2D eigenvalue weighted by atomic mass is 16.2. The van der Waals surface area contributed by atoms with Crippen molar-refractivity contribution in [1.29, 1.82) is 0 Å². The monoisotopic (exact) mass is 257 g/mol. The Hall–Kier alpha value is -2.11. The van der Waals surface area contributed by atoms with Crippen LogP contribution < -0.4 is 0 Å². The molecule has 1 saturated heterocycles. The van der Waals surface area contributed by atoms with Crippen LogP contribution in [0.3, 0.4) is 0 Å². The molecule has 2 fully saturated rings. The van der Waals surface area contributed by atoms with E-state index in [1.165, 1.54) is 12.8 Å². The molecule has 1 amide bonds. The minimum atomic E-state index is 0.0742. The molecule has 1 saturated carbocycles. The second kappa shape index (κ2) is 3.46. The summed E-state index contributed by atoms with van der Waals surface area (Å²) in [6.45, 7) is 1.81. The molecular weight excluding hydrogens is 242 g/mol. The lowest BCUT2D eigenvalue weighted by Crippen LogP contribution is -2.51. The van der Waals surface area contributed by atoms with Gasteiger partial charge in [-0.15, -0.1) is 0 Å². The summed E-state index contributed by atoms with van der Waals surface area (Å²) in [5.41, 5.74) is 2.77. The standard InChI is InChI=1S/C13H15N5O/c1-17-6-9(4-15-17)11-10(5-14-16-11)12(19)18-7-13(8-18)2-3-13/h4-6H,2-3,7-8H2,1H3,(H,14,16). The number of H-pyrrole nitrogens is 1. The van der Waals surface area contributed by atoms with Crippen LogP contribution in [0.2, 0.25) is 0 Å². The molecule has 0 aromatic carbocycles. The van der Waals surface area contributed by atoms with Gasteiger partial charge in [0.15, 0.2) is 0 Å². The minimum Gasteiger partial charge on any atom is -0.337 e. The van der Waals surface area contributed by atoms with E-state index in [2.05, 4.69) is 15.3 Å². The quantitative estimate of drug-likeness (QED) is 0.874. The highest BCUT2D eigenvalue weighted by Crippen LogP contribution is 2.53. The molecule has 19 heavy (non-hydrogen) atoms. The van der Waals surface area contributed by atoms with Gasteiger partial charge in [0.25, 0.3) is 5.91 Å². The van der Waals surface area contributed by atoms with Crippen molar-refractivity contribution >= 4 is 5.91 Å². The summed E-state index contributed by atoms with van der Waals surface area (Å²) >= 11 is 0. The molecule has 0 atom stereocenters. The Kier molecular flexibility index (Phi) is 1.97. The number of carbonyl (C=O) groups is 1. The summed E-state index contributed by atoms with van der Waals surface area (Å²) in [5.74, 6) is 0.0742. The second-order valence-corrected chi connectivity index (χ2v) is 5.72. The Morgan fingerprint density at radius 2 is 2.16 bits per heavy atom. The second-order valence-electron chi connectivity index (χ2n) is 5.72. The van der Waals surface area contributed by atoms with Crippen LogP contribution in [0.1, 0.15) is 23.2 Å². The van der Waals surface area contributed by atoms with Crippen molar-refractivity contribution in [3.63, 3.8) is 0 Å². The molecule has 1 N–H and O–H groups in total. The summed E-state index contributed by atoms with van der Waals surface area (Å²) < 4.78 is 1.72. The van der Waals surface area contributed by atoms with Crippen molar-refractivity contribution < 1.29 is 4.79 Å². The fourth-order valence-corrected chi connectivity index (χ4v) is 2.79. The molecule has 3 heterocycles. The van der Waals surface area contributed by atoms with Crippen LogP contribution in [0.15, 0.2) is 18.6 Å². The van der Waals surface area contributed by atoms with Crippen molar-refractivity contribution in [3.05, 3.63) is 24.2 Å². The molecule has 2 aliphatic rings. The average Bonchev–Trinajstić information content (AvgIpc) is 2.80. The lowest BCUT2D eigenvalue weighted by Gasteiger charge is -2.39. The molecule has 2 aromatic heterocycles. The first-order chi connectivity index (χ1) is 9.17. The first-order valence-corrected chi connectivity index (χ1v) is 6.49. The largest absolute Gasteiger partial charge is 0.337 e. The number of amides is 1. The first kappa shape index (κ1) is 10.8. The number of aryl methyl sites for hydroxylation is 1. The number of nitrogens with one attached hydrogen (secondary N) is 1. The van der Waals surface area contributed by atoms with Gasteiger partial charge < -0.3 is 4.90 Å². The van der Waals surface area contributed by atoms with Crippen molar-refractivity contribution in [3.8, 4) is 11.3 Å². The maximum Gasteiger partial charge on any atom is 0.257 e. The normalized spacial score (nSPS) is 19.5. The highest BCUT2D eigenvalue weighted by molar-refractivity contribution is 6.00. The van der Waals surface area contributed by atoms with E-state index in [1.54, 1.807) is 17.1 Å². The summed E-state index contributed by atoms with van der Waals surface area (Å²) in [7, 11) is 1.85. The molecular formula is C13H15N5O. The van der Waals surface area contributed by atoms with Crippen LogP contribution in [0.5, 0.6) is 0 Å². The third-order valence-electron chi connectivity index (χ3n) is 4.16. The molecule has 6 nitrogen and oxygen atoms in total. The van der Waals surface area contributed by atoms with E-state index in [9.17, 15) is 4.79 Å². The van der Waals surface area contributed by atoms with E-state index in [0.717, 1.165) is 24.3 Å². The Morgan fingerprint density at radius 1 is 1.37 bits per heavy atom. The molecule has 6 heteroatoms. The van der Waals surface area contributed by atoms with Crippen LogP contribution in [-0.2, 0) is 7.05 Å². The lowest BCUT2D eigenvalue weighted by atomic mass is 9.95. The maximum atomic E-state index is 12.4. The number of nitrogens with zero attached hydrogens (tertiary/aromatic N) is 4. The number of aromatic nitrogens is 4. The van der Waals surface area contributed by atoms with E-state index in [4.69, 9.17) is 0 Å². The lowest BCUT2D eigenvalue weighted by molar-refractivity contribution is 0.0444. The van der Waals surface area contributed by atoms with Gasteiger partial charge in [0.1, 0.15) is 0 Å². The number of likely N-dealkylation sites (tertiary alicyclic amines) is 1. The zero-order valence-electron chi connectivity index (χ0n) is 10.8. The van der Waals surface area contributed by atoms with Gasteiger partial charge in [0.05, 0.1) is 23.7 Å². The summed E-state index contributed by atoms with van der Waals surface area (Å²) in [6, 6.07) is 0. The van der Waals surface area contributed by atoms with Crippen LogP contribution in [-0.4, -0.2) is 43.9 Å². The Balaban J connectivity index is 1.61. The molecule has 0 unspecified atom stereocenters. The van der Waals surface area contributed by atoms with Crippen LogP contribution >= 0.6 is 0 Å². The van der Waals surface area contributed by atoms with Gasteiger partial charge in [0, 0.05) is 37.3 Å². The van der Waals surface area contributed by atoms with Crippen molar-refractivity contribution in [2.75, 3.05) is 13.1 Å². The zero-order chi connectivity index (χ0) is 13.0. The molecule has 98 valence electrons. The van der Waals surface area contributed by atoms with Crippen LogP contribution in [0, 0.1) is 5.41 Å². The number of hydrogen-bond acceptors (Lipinski definition) is 3. The van der Waals surface area contributed by atoms with E-state index in [0.29, 0.717) is 11.0 Å². The van der Waals surface area contributed by atoms with Crippen molar-refractivity contribution in [1.82, 2.24) is 24.9 Å². The van der Waals surface area contributed by atoms with Crippen LogP contribution in [0.4, 0.5) is 0 Å². The predicted molar refractivity (Wildman–Crippen MR) is 68.4 cm³/mol. The molecule has 2 aromatic rings. The molecule has 1 aliphatic heterocycles. The van der Waals surface area contributed by atoms with E-state index in [1.807, 2.05) is 18.1 Å². The molecule has 1 aliphatic carbocycles.